The van der Waals surface area contributed by atoms with Gasteiger partial charge in [0.1, 0.15) is 6.54 Å². The van der Waals surface area contributed by atoms with Crippen LogP contribution in [0.5, 0.6) is 0 Å². The van der Waals surface area contributed by atoms with Crippen molar-refractivity contribution in [3.8, 4) is 0 Å². The predicted octanol–water partition coefficient (Wildman–Crippen LogP) is 0.119. The first-order valence-corrected chi connectivity index (χ1v) is 6.29. The minimum absolute atomic E-state index is 0.00544. The number of hydrogen-bond acceptors (Lipinski definition) is 10. The smallest absolute Gasteiger partial charge is 0.364 e. The quantitative estimate of drug-likeness (QED) is 0.402. The molecular weight excluding hydrogens is 298 g/mol. The van der Waals surface area contributed by atoms with Crippen LogP contribution in [0, 0.1) is 10.1 Å². The fraction of sp³-hybridized carbons (Fsp3) is 0.455. The number of ether oxygens (including phenoxy) is 2. The van der Waals surface area contributed by atoms with Crippen LogP contribution >= 0.6 is 0 Å². The summed E-state index contributed by atoms with van der Waals surface area (Å²) < 4.78 is 9.37. The molecule has 0 aliphatic rings. The van der Waals surface area contributed by atoms with Gasteiger partial charge in [0.2, 0.25) is 17.5 Å². The number of nitrogens with zero attached hydrogens (tertiary/aromatic N) is 3. The van der Waals surface area contributed by atoms with Crippen molar-refractivity contribution in [2.24, 2.45) is 0 Å². The number of nitrogen functional groups attached to an aromatic ring is 1. The number of anilines is 2. The summed E-state index contributed by atoms with van der Waals surface area (Å²) >= 11 is 0. The van der Waals surface area contributed by atoms with Crippen LogP contribution in [-0.2, 0) is 14.3 Å². The van der Waals surface area contributed by atoms with E-state index in [1.807, 2.05) is 0 Å². The highest BCUT2D eigenvalue weighted by Gasteiger charge is 2.29. The zero-order chi connectivity index (χ0) is 16.7. The number of nitrogens with one attached hydrogen (secondary N) is 1. The van der Waals surface area contributed by atoms with E-state index in [1.165, 1.54) is 6.92 Å². The van der Waals surface area contributed by atoms with Crippen molar-refractivity contribution in [3.63, 3.8) is 0 Å². The van der Waals surface area contributed by atoms with Crippen molar-refractivity contribution in [1.82, 2.24) is 9.97 Å². The third-order valence-corrected chi connectivity index (χ3v) is 2.26. The second kappa shape index (κ2) is 7.71. The zero-order valence-electron chi connectivity index (χ0n) is 12.0. The molecule has 1 aromatic rings. The van der Waals surface area contributed by atoms with Crippen LogP contribution in [0.15, 0.2) is 0 Å². The van der Waals surface area contributed by atoms with Gasteiger partial charge in [0, 0.05) is 0 Å². The highest BCUT2D eigenvalue weighted by molar-refractivity contribution is 5.94. The molecule has 1 heterocycles. The summed E-state index contributed by atoms with van der Waals surface area (Å²) in [6, 6.07) is 0. The van der Waals surface area contributed by atoms with Gasteiger partial charge in [-0.05, 0) is 13.8 Å². The molecule has 0 aromatic carbocycles. The van der Waals surface area contributed by atoms with E-state index in [1.54, 1.807) is 6.92 Å². The van der Waals surface area contributed by atoms with Crippen molar-refractivity contribution in [1.29, 1.82) is 0 Å². The molecule has 0 radical (unpaired) electrons. The Morgan fingerprint density at radius 2 is 1.91 bits per heavy atom. The Morgan fingerprint density at radius 3 is 2.45 bits per heavy atom. The molecule has 0 saturated carbocycles. The maximum Gasteiger partial charge on any atom is 0.364 e. The van der Waals surface area contributed by atoms with Crippen LogP contribution in [-0.4, -0.2) is 46.6 Å². The molecule has 0 bridgehead atoms. The number of carbonyl (C=O) groups excluding carboxylic acids is 2. The Morgan fingerprint density at radius 1 is 1.27 bits per heavy atom. The highest BCUT2D eigenvalue weighted by atomic mass is 16.6. The molecule has 0 spiro atoms. The van der Waals surface area contributed by atoms with Gasteiger partial charge in [-0.3, -0.25) is 14.9 Å². The third-order valence-electron chi connectivity index (χ3n) is 2.26. The van der Waals surface area contributed by atoms with E-state index in [2.05, 4.69) is 24.8 Å². The summed E-state index contributed by atoms with van der Waals surface area (Å²) in [5.41, 5.74) is 4.12. The molecule has 1 rings (SSSR count). The summed E-state index contributed by atoms with van der Waals surface area (Å²) in [5.74, 6) is -2.34. The number of aromatic nitrogens is 2. The molecular formula is C11H15N5O6. The van der Waals surface area contributed by atoms with E-state index < -0.39 is 34.1 Å². The normalized spacial score (nSPS) is 9.91. The fourth-order valence-corrected chi connectivity index (χ4v) is 1.44. The molecule has 0 saturated heterocycles. The summed E-state index contributed by atoms with van der Waals surface area (Å²) in [6.45, 7) is 3.09. The molecule has 0 amide bonds. The van der Waals surface area contributed by atoms with Crippen molar-refractivity contribution in [2.75, 3.05) is 30.8 Å². The van der Waals surface area contributed by atoms with E-state index in [0.717, 1.165) is 0 Å². The van der Waals surface area contributed by atoms with E-state index >= 15 is 0 Å². The van der Waals surface area contributed by atoms with E-state index in [0.29, 0.717) is 0 Å². The maximum absolute atomic E-state index is 11.7. The van der Waals surface area contributed by atoms with Gasteiger partial charge in [-0.15, -0.1) is 0 Å². The lowest BCUT2D eigenvalue weighted by Crippen LogP contribution is -2.20. The standard InChI is InChI=1S/C11H15N5O6/c1-3-21-6(17)5-13-11-14-7(10(18)22-4-2)8(16(19)20)9(12)15-11/h3-5H2,1-2H3,(H3,12,13,14,15). The van der Waals surface area contributed by atoms with Gasteiger partial charge in [0.05, 0.1) is 18.1 Å². The van der Waals surface area contributed by atoms with Gasteiger partial charge >= 0.3 is 17.6 Å². The highest BCUT2D eigenvalue weighted by Crippen LogP contribution is 2.25. The lowest BCUT2D eigenvalue weighted by atomic mass is 10.3. The largest absolute Gasteiger partial charge is 0.465 e. The lowest BCUT2D eigenvalue weighted by Gasteiger charge is -2.08. The van der Waals surface area contributed by atoms with Crippen LogP contribution in [0.2, 0.25) is 0 Å². The molecule has 3 N–H and O–H groups in total. The molecule has 0 unspecified atom stereocenters. The Labute approximate surface area is 125 Å². The number of nitro groups is 1. The minimum Gasteiger partial charge on any atom is -0.465 e. The summed E-state index contributed by atoms with van der Waals surface area (Å²) in [5, 5.41) is 13.4. The SMILES string of the molecule is CCOC(=O)CNc1nc(N)c([N+](=O)[O-])c(C(=O)OCC)n1. The van der Waals surface area contributed by atoms with Gasteiger partial charge in [-0.25, -0.2) is 4.79 Å². The van der Waals surface area contributed by atoms with E-state index in [9.17, 15) is 19.7 Å². The number of hydrogen-bond donors (Lipinski definition) is 2. The van der Waals surface area contributed by atoms with Crippen LogP contribution in [0.1, 0.15) is 24.3 Å². The van der Waals surface area contributed by atoms with Gasteiger partial charge in [-0.1, -0.05) is 0 Å². The van der Waals surface area contributed by atoms with Crippen molar-refractivity contribution < 1.29 is 24.0 Å². The van der Waals surface area contributed by atoms with Crippen LogP contribution in [0.4, 0.5) is 17.5 Å². The topological polar surface area (TPSA) is 160 Å². The molecule has 11 heteroatoms. The molecule has 0 aliphatic carbocycles. The molecule has 0 aliphatic heterocycles. The first kappa shape index (κ1) is 17.1. The van der Waals surface area contributed by atoms with Gasteiger partial charge in [-0.2, -0.15) is 9.97 Å². The first-order valence-electron chi connectivity index (χ1n) is 6.29. The number of carbonyl (C=O) groups is 2. The fourth-order valence-electron chi connectivity index (χ4n) is 1.44. The average Bonchev–Trinajstić information content (AvgIpc) is 2.44. The van der Waals surface area contributed by atoms with Crippen molar-refractivity contribution in [2.45, 2.75) is 13.8 Å². The Bertz CT molecular complexity index is 591. The second-order valence-electron chi connectivity index (χ2n) is 3.77. The predicted molar refractivity (Wildman–Crippen MR) is 74.2 cm³/mol. The van der Waals surface area contributed by atoms with Crippen LogP contribution in [0.3, 0.4) is 0 Å². The van der Waals surface area contributed by atoms with Crippen molar-refractivity contribution in [3.05, 3.63) is 15.8 Å². The molecule has 11 nitrogen and oxygen atoms in total. The molecule has 0 fully saturated rings. The van der Waals surface area contributed by atoms with E-state index in [4.69, 9.17) is 5.73 Å². The number of rotatable bonds is 7. The van der Waals surface area contributed by atoms with Gasteiger partial charge < -0.3 is 20.5 Å². The maximum atomic E-state index is 11.7. The van der Waals surface area contributed by atoms with Gasteiger partial charge in [0.25, 0.3) is 0 Å². The molecule has 1 aromatic heterocycles. The summed E-state index contributed by atoms with van der Waals surface area (Å²) in [7, 11) is 0. The Hall–Kier alpha value is -2.98. The third kappa shape index (κ3) is 4.26. The number of esters is 2. The monoisotopic (exact) mass is 313 g/mol. The molecule has 120 valence electrons. The number of nitrogens with two attached hydrogens (primary N) is 1. The minimum atomic E-state index is -1.01. The van der Waals surface area contributed by atoms with Crippen molar-refractivity contribution >= 4 is 29.4 Å². The van der Waals surface area contributed by atoms with E-state index in [-0.39, 0.29) is 25.7 Å². The first-order chi connectivity index (χ1) is 10.4. The second-order valence-corrected chi connectivity index (χ2v) is 3.77. The summed E-state index contributed by atoms with van der Waals surface area (Å²) in [4.78, 5) is 40.3. The average molecular weight is 313 g/mol. The lowest BCUT2D eigenvalue weighted by molar-refractivity contribution is -0.384. The summed E-state index contributed by atoms with van der Waals surface area (Å²) in [6.07, 6.45) is 0. The molecule has 22 heavy (non-hydrogen) atoms. The van der Waals surface area contributed by atoms with Crippen LogP contribution < -0.4 is 11.1 Å². The molecule has 0 atom stereocenters. The Balaban J connectivity index is 3.09. The zero-order valence-corrected chi connectivity index (χ0v) is 12.0. The van der Waals surface area contributed by atoms with Crippen LogP contribution in [0.25, 0.3) is 0 Å². The Kier molecular flexibility index (Phi) is 5.98. The van der Waals surface area contributed by atoms with Gasteiger partial charge in [0.15, 0.2) is 0 Å².